The monoisotopic (exact) mass is 491 g/mol. The standard InChI is InChI=1S/C27H25NO4S2/c1-19-9-3-4-12-22(19)28-26(29)25(34-27(28)33)18-20-10-7-11-21(17-20)31-15-8-16-32-24-14-6-5-13-23(24)30-2/h3-7,9-14,17-18H,8,15-16H2,1-2H3. The Bertz CT molecular complexity index is 1220. The van der Waals surface area contributed by atoms with Crippen molar-refractivity contribution in [2.24, 2.45) is 0 Å². The number of aryl methyl sites for hydroxylation is 1. The molecule has 0 bridgehead atoms. The van der Waals surface area contributed by atoms with Gasteiger partial charge >= 0.3 is 0 Å². The Morgan fingerprint density at radius 2 is 1.68 bits per heavy atom. The minimum Gasteiger partial charge on any atom is -0.493 e. The molecule has 3 aromatic carbocycles. The van der Waals surface area contributed by atoms with E-state index >= 15 is 0 Å². The smallest absolute Gasteiger partial charge is 0.270 e. The number of methoxy groups -OCH3 is 1. The van der Waals surface area contributed by atoms with Gasteiger partial charge in [0.25, 0.3) is 5.91 Å². The van der Waals surface area contributed by atoms with Crippen molar-refractivity contribution in [2.75, 3.05) is 25.2 Å². The number of carbonyl (C=O) groups excluding carboxylic acids is 1. The third-order valence-electron chi connectivity index (χ3n) is 5.19. The molecule has 5 nitrogen and oxygen atoms in total. The normalized spacial score (nSPS) is 14.5. The third-order valence-corrected chi connectivity index (χ3v) is 6.49. The molecule has 7 heteroatoms. The van der Waals surface area contributed by atoms with Crippen LogP contribution in [0.1, 0.15) is 17.5 Å². The molecule has 0 radical (unpaired) electrons. The summed E-state index contributed by atoms with van der Waals surface area (Å²) in [5.41, 5.74) is 2.71. The average molecular weight is 492 g/mol. The van der Waals surface area contributed by atoms with E-state index < -0.39 is 0 Å². The number of thioether (sulfide) groups is 1. The summed E-state index contributed by atoms with van der Waals surface area (Å²) in [6.07, 6.45) is 2.58. The Balaban J connectivity index is 1.35. The number of carbonyl (C=O) groups is 1. The van der Waals surface area contributed by atoms with Crippen molar-refractivity contribution >= 4 is 46.0 Å². The van der Waals surface area contributed by atoms with Crippen LogP contribution in [-0.2, 0) is 4.79 Å². The first-order valence-corrected chi connectivity index (χ1v) is 12.1. The average Bonchev–Trinajstić information content (AvgIpc) is 3.12. The van der Waals surface area contributed by atoms with Crippen LogP contribution < -0.4 is 19.1 Å². The molecule has 0 saturated carbocycles. The molecule has 0 unspecified atom stereocenters. The van der Waals surface area contributed by atoms with Crippen LogP contribution in [0.4, 0.5) is 5.69 Å². The maximum Gasteiger partial charge on any atom is 0.270 e. The highest BCUT2D eigenvalue weighted by atomic mass is 32.2. The van der Waals surface area contributed by atoms with Gasteiger partial charge in [-0.05, 0) is 54.5 Å². The Hall–Kier alpha value is -3.29. The summed E-state index contributed by atoms with van der Waals surface area (Å²) in [7, 11) is 1.62. The molecule has 1 heterocycles. The van der Waals surface area contributed by atoms with Crippen molar-refractivity contribution in [3.8, 4) is 17.2 Å². The number of hydrogen-bond donors (Lipinski definition) is 0. The number of hydrogen-bond acceptors (Lipinski definition) is 6. The number of rotatable bonds is 9. The summed E-state index contributed by atoms with van der Waals surface area (Å²) in [6.45, 7) is 3.00. The number of ether oxygens (including phenoxy) is 3. The molecule has 0 spiro atoms. The quantitative estimate of drug-likeness (QED) is 0.200. The Labute approximate surface area is 209 Å². The number of thiocarbonyl (C=S) groups is 1. The van der Waals surface area contributed by atoms with E-state index in [0.29, 0.717) is 28.2 Å². The second-order valence-electron chi connectivity index (χ2n) is 7.58. The zero-order valence-electron chi connectivity index (χ0n) is 19.0. The van der Waals surface area contributed by atoms with Crippen LogP contribution in [0.25, 0.3) is 6.08 Å². The lowest BCUT2D eigenvalue weighted by Crippen LogP contribution is -2.28. The number of nitrogens with zero attached hydrogens (tertiary/aromatic N) is 1. The van der Waals surface area contributed by atoms with Crippen molar-refractivity contribution in [3.05, 3.63) is 88.8 Å². The Morgan fingerprint density at radius 1 is 0.941 bits per heavy atom. The van der Waals surface area contributed by atoms with E-state index in [1.807, 2.05) is 85.8 Å². The number of anilines is 1. The predicted molar refractivity (Wildman–Crippen MR) is 142 cm³/mol. The lowest BCUT2D eigenvalue weighted by Gasteiger charge is -2.16. The number of para-hydroxylation sites is 3. The van der Waals surface area contributed by atoms with Crippen LogP contribution in [-0.4, -0.2) is 30.6 Å². The molecule has 0 aliphatic carbocycles. The molecular formula is C27H25NO4S2. The van der Waals surface area contributed by atoms with E-state index in [0.717, 1.165) is 34.7 Å². The van der Waals surface area contributed by atoms with Crippen LogP contribution in [0.2, 0.25) is 0 Å². The predicted octanol–water partition coefficient (Wildman–Crippen LogP) is 6.26. The van der Waals surface area contributed by atoms with E-state index in [-0.39, 0.29) is 5.91 Å². The topological polar surface area (TPSA) is 48.0 Å². The lowest BCUT2D eigenvalue weighted by atomic mass is 10.1. The summed E-state index contributed by atoms with van der Waals surface area (Å²) in [5.74, 6) is 2.06. The fourth-order valence-electron chi connectivity index (χ4n) is 3.50. The first-order valence-electron chi connectivity index (χ1n) is 10.9. The summed E-state index contributed by atoms with van der Waals surface area (Å²) >= 11 is 6.81. The lowest BCUT2D eigenvalue weighted by molar-refractivity contribution is -0.113. The zero-order chi connectivity index (χ0) is 23.9. The highest BCUT2D eigenvalue weighted by Gasteiger charge is 2.33. The fraction of sp³-hybridized carbons (Fsp3) is 0.185. The number of amides is 1. The number of benzene rings is 3. The minimum atomic E-state index is -0.107. The van der Waals surface area contributed by atoms with Gasteiger partial charge in [0.15, 0.2) is 15.8 Å². The van der Waals surface area contributed by atoms with Gasteiger partial charge < -0.3 is 14.2 Å². The van der Waals surface area contributed by atoms with E-state index in [1.165, 1.54) is 11.8 Å². The second-order valence-corrected chi connectivity index (χ2v) is 9.25. The van der Waals surface area contributed by atoms with E-state index in [2.05, 4.69) is 0 Å². The third kappa shape index (κ3) is 5.61. The largest absolute Gasteiger partial charge is 0.493 e. The maximum absolute atomic E-state index is 13.1. The minimum absolute atomic E-state index is 0.107. The van der Waals surface area contributed by atoms with Crippen molar-refractivity contribution in [3.63, 3.8) is 0 Å². The van der Waals surface area contributed by atoms with Gasteiger partial charge in [0.1, 0.15) is 5.75 Å². The van der Waals surface area contributed by atoms with Gasteiger partial charge in [-0.2, -0.15) is 0 Å². The van der Waals surface area contributed by atoms with Crippen LogP contribution in [0.3, 0.4) is 0 Å². The van der Waals surface area contributed by atoms with E-state index in [1.54, 1.807) is 12.0 Å². The van der Waals surface area contributed by atoms with Crippen molar-refractivity contribution in [2.45, 2.75) is 13.3 Å². The van der Waals surface area contributed by atoms with E-state index in [9.17, 15) is 4.79 Å². The van der Waals surface area contributed by atoms with Gasteiger partial charge in [0, 0.05) is 6.42 Å². The Kier molecular flexibility index (Phi) is 7.87. The van der Waals surface area contributed by atoms with Crippen LogP contribution in [0.5, 0.6) is 17.2 Å². The molecule has 1 fully saturated rings. The summed E-state index contributed by atoms with van der Waals surface area (Å²) in [5, 5.41) is 0. The highest BCUT2D eigenvalue weighted by molar-refractivity contribution is 8.27. The SMILES string of the molecule is COc1ccccc1OCCCOc1cccc(C=C2SC(=S)N(c3ccccc3C)C2=O)c1. The summed E-state index contributed by atoms with van der Waals surface area (Å²) < 4.78 is 17.5. The van der Waals surface area contributed by atoms with Gasteiger partial charge in [-0.15, -0.1) is 0 Å². The highest BCUT2D eigenvalue weighted by Crippen LogP contribution is 2.37. The maximum atomic E-state index is 13.1. The first kappa shape index (κ1) is 23.9. The van der Waals surface area contributed by atoms with Gasteiger partial charge in [-0.25, -0.2) is 0 Å². The molecule has 4 rings (SSSR count). The Morgan fingerprint density at radius 3 is 2.47 bits per heavy atom. The molecular weight excluding hydrogens is 466 g/mol. The van der Waals surface area contributed by atoms with Crippen LogP contribution >= 0.6 is 24.0 Å². The molecule has 174 valence electrons. The molecule has 34 heavy (non-hydrogen) atoms. The van der Waals surface area contributed by atoms with Crippen LogP contribution in [0.15, 0.2) is 77.7 Å². The van der Waals surface area contributed by atoms with Gasteiger partial charge in [-0.1, -0.05) is 66.4 Å². The molecule has 1 amide bonds. The second kappa shape index (κ2) is 11.2. The first-order chi connectivity index (χ1) is 16.6. The van der Waals surface area contributed by atoms with E-state index in [4.69, 9.17) is 26.4 Å². The van der Waals surface area contributed by atoms with Crippen molar-refractivity contribution in [1.29, 1.82) is 0 Å². The molecule has 1 aliphatic rings. The van der Waals surface area contributed by atoms with Crippen LogP contribution in [0, 0.1) is 6.92 Å². The molecule has 3 aromatic rings. The summed E-state index contributed by atoms with van der Waals surface area (Å²) in [4.78, 5) is 15.3. The molecule has 0 N–H and O–H groups in total. The summed E-state index contributed by atoms with van der Waals surface area (Å²) in [6, 6.07) is 23.0. The van der Waals surface area contributed by atoms with Gasteiger partial charge in [0.05, 0.1) is 30.9 Å². The van der Waals surface area contributed by atoms with Crippen molar-refractivity contribution in [1.82, 2.24) is 0 Å². The van der Waals surface area contributed by atoms with Gasteiger partial charge in [-0.3, -0.25) is 9.69 Å². The molecule has 0 atom stereocenters. The van der Waals surface area contributed by atoms with Crippen molar-refractivity contribution < 1.29 is 19.0 Å². The van der Waals surface area contributed by atoms with Gasteiger partial charge in [0.2, 0.25) is 0 Å². The molecule has 1 aliphatic heterocycles. The molecule has 0 aromatic heterocycles. The zero-order valence-corrected chi connectivity index (χ0v) is 20.7. The fourth-order valence-corrected chi connectivity index (χ4v) is 4.79. The molecule has 1 saturated heterocycles.